The molecule has 0 aliphatic carbocycles. The summed E-state index contributed by atoms with van der Waals surface area (Å²) in [6, 6.07) is 12.3. The quantitative estimate of drug-likeness (QED) is 0.913. The van der Waals surface area contributed by atoms with Crippen LogP contribution in [0.15, 0.2) is 30.3 Å². The molecule has 1 unspecified atom stereocenters. The first-order valence-electron chi connectivity index (χ1n) is 7.55. The normalized spacial score (nSPS) is 25.5. The molecule has 2 aliphatic heterocycles. The van der Waals surface area contributed by atoms with E-state index < -0.39 is 0 Å². The lowest BCUT2D eigenvalue weighted by Gasteiger charge is -2.37. The van der Waals surface area contributed by atoms with Gasteiger partial charge < -0.3 is 10.2 Å². The molecule has 1 atom stereocenters. The Labute approximate surface area is 121 Å². The average Bonchev–Trinajstić information content (AvgIpc) is 2.49. The number of rotatable bonds is 3. The number of anilines is 1. The predicted molar refractivity (Wildman–Crippen MR) is 85.2 cm³/mol. The first-order chi connectivity index (χ1) is 9.42. The maximum atomic E-state index is 3.90. The molecule has 0 bridgehead atoms. The van der Waals surface area contributed by atoms with E-state index in [-0.39, 0.29) is 0 Å². The lowest BCUT2D eigenvalue weighted by atomic mass is 10.0. The van der Waals surface area contributed by atoms with Gasteiger partial charge in [0.1, 0.15) is 0 Å². The summed E-state index contributed by atoms with van der Waals surface area (Å²) in [5, 5.41) is 3.90. The van der Waals surface area contributed by atoms with E-state index in [1.807, 2.05) is 0 Å². The zero-order valence-corrected chi connectivity index (χ0v) is 12.4. The fraction of sp³-hybridized carbons (Fsp3) is 0.625. The van der Waals surface area contributed by atoms with Crippen LogP contribution in [-0.2, 0) is 0 Å². The van der Waals surface area contributed by atoms with Crippen molar-refractivity contribution in [3.8, 4) is 0 Å². The number of thioether (sulfide) groups is 1. The molecular weight excluding hydrogens is 252 g/mol. The summed E-state index contributed by atoms with van der Waals surface area (Å²) in [4.78, 5) is 2.54. The van der Waals surface area contributed by atoms with Crippen LogP contribution in [0.1, 0.15) is 25.7 Å². The maximum absolute atomic E-state index is 3.90. The van der Waals surface area contributed by atoms with E-state index in [4.69, 9.17) is 0 Å². The Balaban J connectivity index is 1.55. The highest BCUT2D eigenvalue weighted by atomic mass is 32.2. The van der Waals surface area contributed by atoms with E-state index in [0.29, 0.717) is 6.04 Å². The molecule has 3 heteroatoms. The fourth-order valence-corrected chi connectivity index (χ4v) is 4.29. The van der Waals surface area contributed by atoms with Gasteiger partial charge in [-0.15, -0.1) is 0 Å². The van der Waals surface area contributed by atoms with Crippen LogP contribution >= 0.6 is 11.8 Å². The molecule has 2 fully saturated rings. The van der Waals surface area contributed by atoms with Crippen LogP contribution < -0.4 is 10.2 Å². The summed E-state index contributed by atoms with van der Waals surface area (Å²) in [5.41, 5.74) is 1.38. The third kappa shape index (κ3) is 3.67. The smallest absolute Gasteiger partial charge is 0.0366 e. The summed E-state index contributed by atoms with van der Waals surface area (Å²) in [5.74, 6) is 2.68. The first kappa shape index (κ1) is 13.3. The van der Waals surface area contributed by atoms with Crippen LogP contribution in [0.2, 0.25) is 0 Å². The van der Waals surface area contributed by atoms with E-state index in [1.54, 1.807) is 0 Å². The second kappa shape index (κ2) is 6.67. The molecule has 0 radical (unpaired) electrons. The zero-order chi connectivity index (χ0) is 12.9. The third-order valence-corrected chi connectivity index (χ3v) is 5.28. The Morgan fingerprint density at radius 1 is 1.00 bits per heavy atom. The van der Waals surface area contributed by atoms with Crippen molar-refractivity contribution < 1.29 is 0 Å². The molecule has 1 aromatic carbocycles. The second-order valence-corrected chi connectivity index (χ2v) is 6.90. The minimum atomic E-state index is 0.682. The van der Waals surface area contributed by atoms with Crippen molar-refractivity contribution in [2.45, 2.75) is 37.8 Å². The molecule has 2 heterocycles. The maximum Gasteiger partial charge on any atom is 0.0366 e. The largest absolute Gasteiger partial charge is 0.370 e. The topological polar surface area (TPSA) is 15.3 Å². The highest BCUT2D eigenvalue weighted by Crippen LogP contribution is 2.22. The SMILES string of the molecule is c1ccc(N2CCCC(NC3CCSCC3)C2)cc1. The molecule has 2 aliphatic rings. The molecule has 0 spiro atoms. The van der Waals surface area contributed by atoms with Crippen molar-refractivity contribution in [3.63, 3.8) is 0 Å². The number of hydrogen-bond donors (Lipinski definition) is 1. The number of hydrogen-bond acceptors (Lipinski definition) is 3. The van der Waals surface area contributed by atoms with E-state index in [0.717, 1.165) is 6.04 Å². The van der Waals surface area contributed by atoms with Gasteiger partial charge in [-0.2, -0.15) is 11.8 Å². The van der Waals surface area contributed by atoms with E-state index in [1.165, 1.54) is 56.0 Å². The van der Waals surface area contributed by atoms with Crippen molar-refractivity contribution in [2.24, 2.45) is 0 Å². The monoisotopic (exact) mass is 276 g/mol. The Morgan fingerprint density at radius 2 is 1.79 bits per heavy atom. The molecule has 19 heavy (non-hydrogen) atoms. The average molecular weight is 276 g/mol. The van der Waals surface area contributed by atoms with Gasteiger partial charge in [-0.1, -0.05) is 18.2 Å². The summed E-state index contributed by atoms with van der Waals surface area (Å²) < 4.78 is 0. The van der Waals surface area contributed by atoms with Crippen molar-refractivity contribution in [3.05, 3.63) is 30.3 Å². The van der Waals surface area contributed by atoms with E-state index in [2.05, 4.69) is 52.3 Å². The second-order valence-electron chi connectivity index (χ2n) is 5.67. The highest BCUT2D eigenvalue weighted by Gasteiger charge is 2.23. The molecule has 3 rings (SSSR count). The number of piperidine rings is 1. The van der Waals surface area contributed by atoms with E-state index >= 15 is 0 Å². The predicted octanol–water partition coefficient (Wildman–Crippen LogP) is 3.14. The minimum Gasteiger partial charge on any atom is -0.370 e. The molecule has 2 saturated heterocycles. The van der Waals surface area contributed by atoms with E-state index in [9.17, 15) is 0 Å². The van der Waals surface area contributed by atoms with Gasteiger partial charge in [0.05, 0.1) is 0 Å². The van der Waals surface area contributed by atoms with Crippen LogP contribution in [0.25, 0.3) is 0 Å². The number of nitrogens with zero attached hydrogens (tertiary/aromatic N) is 1. The van der Waals surface area contributed by atoms with Gasteiger partial charge in [0.2, 0.25) is 0 Å². The van der Waals surface area contributed by atoms with Crippen LogP contribution in [0.4, 0.5) is 5.69 Å². The van der Waals surface area contributed by atoms with Crippen molar-refractivity contribution in [1.82, 2.24) is 5.32 Å². The van der Waals surface area contributed by atoms with Crippen LogP contribution in [0.5, 0.6) is 0 Å². The summed E-state index contributed by atoms with van der Waals surface area (Å²) >= 11 is 2.11. The number of benzene rings is 1. The van der Waals surface area contributed by atoms with Crippen molar-refractivity contribution in [2.75, 3.05) is 29.5 Å². The first-order valence-corrected chi connectivity index (χ1v) is 8.71. The minimum absolute atomic E-state index is 0.682. The Kier molecular flexibility index (Phi) is 4.67. The zero-order valence-electron chi connectivity index (χ0n) is 11.6. The van der Waals surface area contributed by atoms with Gasteiger partial charge in [0.25, 0.3) is 0 Å². The van der Waals surface area contributed by atoms with Gasteiger partial charge >= 0.3 is 0 Å². The number of nitrogens with one attached hydrogen (secondary N) is 1. The van der Waals surface area contributed by atoms with Crippen molar-refractivity contribution >= 4 is 17.4 Å². The fourth-order valence-electron chi connectivity index (χ4n) is 3.18. The molecule has 2 nitrogen and oxygen atoms in total. The molecule has 0 aromatic heterocycles. The molecule has 104 valence electrons. The standard InChI is InChI=1S/C16H24N2S/c1-2-6-16(7-3-1)18-10-4-5-15(13-18)17-14-8-11-19-12-9-14/h1-3,6-7,14-15,17H,4-5,8-13H2. The molecule has 1 N–H and O–H groups in total. The van der Waals surface area contributed by atoms with Crippen LogP contribution in [0, 0.1) is 0 Å². The number of para-hydroxylation sites is 1. The lowest BCUT2D eigenvalue weighted by Crippen LogP contribution is -2.50. The summed E-state index contributed by atoms with van der Waals surface area (Å²) in [6.45, 7) is 2.39. The van der Waals surface area contributed by atoms with Gasteiger partial charge in [-0.3, -0.25) is 0 Å². The van der Waals surface area contributed by atoms with Gasteiger partial charge in [-0.05, 0) is 49.3 Å². The Hall–Kier alpha value is -0.670. The molecule has 0 saturated carbocycles. The summed E-state index contributed by atoms with van der Waals surface area (Å²) in [7, 11) is 0. The van der Waals surface area contributed by atoms with Crippen LogP contribution in [-0.4, -0.2) is 36.7 Å². The van der Waals surface area contributed by atoms with Gasteiger partial charge in [-0.25, -0.2) is 0 Å². The molecular formula is C16H24N2S. The van der Waals surface area contributed by atoms with Crippen molar-refractivity contribution in [1.29, 1.82) is 0 Å². The van der Waals surface area contributed by atoms with Crippen LogP contribution in [0.3, 0.4) is 0 Å². The third-order valence-electron chi connectivity index (χ3n) is 4.24. The lowest BCUT2D eigenvalue weighted by molar-refractivity contribution is 0.360. The molecule has 1 aromatic rings. The van der Waals surface area contributed by atoms with Gasteiger partial charge in [0.15, 0.2) is 0 Å². The summed E-state index contributed by atoms with van der Waals surface area (Å²) in [6.07, 6.45) is 5.36. The molecule has 0 amide bonds. The van der Waals surface area contributed by atoms with Gasteiger partial charge in [0, 0.05) is 30.9 Å². The Bertz CT molecular complexity index is 376. The highest BCUT2D eigenvalue weighted by molar-refractivity contribution is 7.99. The Morgan fingerprint density at radius 3 is 2.58 bits per heavy atom.